The number of likely N-dealkylation sites (tertiary alicyclic amines) is 1. The first-order valence-corrected chi connectivity index (χ1v) is 12.8. The summed E-state index contributed by atoms with van der Waals surface area (Å²) >= 11 is 0. The monoisotopic (exact) mass is 493 g/mol. The SMILES string of the molecule is CC=C1N(C)C(C)CC1(c1ccccc1)c1cccc(OCC(=O)NCCNC(=O)OCCCC)c1. The van der Waals surface area contributed by atoms with Gasteiger partial charge in [0.2, 0.25) is 0 Å². The van der Waals surface area contributed by atoms with Crippen LogP contribution in [-0.2, 0) is 14.9 Å². The molecule has 0 spiro atoms. The molecule has 2 N–H and O–H groups in total. The molecule has 0 aromatic heterocycles. The summed E-state index contributed by atoms with van der Waals surface area (Å²) < 4.78 is 10.9. The van der Waals surface area contributed by atoms with Crippen molar-refractivity contribution >= 4 is 12.0 Å². The van der Waals surface area contributed by atoms with Crippen molar-refractivity contribution in [3.05, 3.63) is 77.5 Å². The van der Waals surface area contributed by atoms with Crippen LogP contribution in [0.5, 0.6) is 5.75 Å². The first-order chi connectivity index (χ1) is 17.4. The van der Waals surface area contributed by atoms with Gasteiger partial charge in [0, 0.05) is 31.9 Å². The highest BCUT2D eigenvalue weighted by Gasteiger charge is 2.47. The van der Waals surface area contributed by atoms with E-state index in [9.17, 15) is 9.59 Å². The number of nitrogens with zero attached hydrogens (tertiary/aromatic N) is 1. The van der Waals surface area contributed by atoms with Crippen molar-refractivity contribution in [2.24, 2.45) is 0 Å². The van der Waals surface area contributed by atoms with Gasteiger partial charge in [-0.1, -0.05) is 61.9 Å². The Hall–Kier alpha value is -3.48. The number of benzene rings is 2. The molecule has 36 heavy (non-hydrogen) atoms. The lowest BCUT2D eigenvalue weighted by atomic mass is 9.70. The fourth-order valence-corrected chi connectivity index (χ4v) is 4.87. The summed E-state index contributed by atoms with van der Waals surface area (Å²) in [6.07, 6.45) is 4.48. The Labute approximate surface area is 214 Å². The number of hydrogen-bond donors (Lipinski definition) is 2. The summed E-state index contributed by atoms with van der Waals surface area (Å²) in [5.41, 5.74) is 3.35. The first kappa shape index (κ1) is 27.1. The Morgan fingerprint density at radius 1 is 1.08 bits per heavy atom. The second-order valence-electron chi connectivity index (χ2n) is 9.19. The number of allylic oxidation sites excluding steroid dienone is 2. The molecule has 1 heterocycles. The fourth-order valence-electron chi connectivity index (χ4n) is 4.87. The van der Waals surface area contributed by atoms with Gasteiger partial charge >= 0.3 is 6.09 Å². The first-order valence-electron chi connectivity index (χ1n) is 12.8. The largest absolute Gasteiger partial charge is 0.484 e. The smallest absolute Gasteiger partial charge is 0.407 e. The van der Waals surface area contributed by atoms with Crippen LogP contribution in [0.2, 0.25) is 0 Å². The second-order valence-corrected chi connectivity index (χ2v) is 9.19. The molecule has 1 aliphatic heterocycles. The minimum atomic E-state index is -0.467. The molecule has 1 fully saturated rings. The summed E-state index contributed by atoms with van der Waals surface area (Å²) in [5, 5.41) is 5.38. The third-order valence-electron chi connectivity index (χ3n) is 6.76. The number of likely N-dealkylation sites (N-methyl/N-ethyl adjacent to an activating group) is 1. The van der Waals surface area contributed by atoms with E-state index < -0.39 is 6.09 Å². The fraction of sp³-hybridized carbons (Fsp3) is 0.448. The summed E-state index contributed by atoms with van der Waals surface area (Å²) in [6.45, 7) is 7.27. The minimum absolute atomic E-state index is 0.102. The van der Waals surface area contributed by atoms with Crippen LogP contribution in [0.25, 0.3) is 0 Å². The molecule has 0 saturated carbocycles. The van der Waals surface area contributed by atoms with Crippen molar-refractivity contribution in [3.8, 4) is 5.75 Å². The molecule has 2 atom stereocenters. The van der Waals surface area contributed by atoms with Crippen LogP contribution < -0.4 is 15.4 Å². The highest BCUT2D eigenvalue weighted by molar-refractivity contribution is 5.77. The van der Waals surface area contributed by atoms with E-state index >= 15 is 0 Å². The van der Waals surface area contributed by atoms with Crippen molar-refractivity contribution in [3.63, 3.8) is 0 Å². The third-order valence-corrected chi connectivity index (χ3v) is 6.76. The van der Waals surface area contributed by atoms with Gasteiger partial charge in [-0.25, -0.2) is 4.79 Å². The Bertz CT molecular complexity index is 1040. The molecule has 194 valence electrons. The van der Waals surface area contributed by atoms with E-state index in [4.69, 9.17) is 9.47 Å². The van der Waals surface area contributed by atoms with Crippen molar-refractivity contribution in [2.75, 3.05) is 33.4 Å². The Morgan fingerprint density at radius 3 is 2.53 bits per heavy atom. The van der Waals surface area contributed by atoms with E-state index in [-0.39, 0.29) is 17.9 Å². The van der Waals surface area contributed by atoms with Crippen molar-refractivity contribution in [2.45, 2.75) is 51.5 Å². The molecule has 2 aromatic carbocycles. The van der Waals surface area contributed by atoms with Crippen LogP contribution >= 0.6 is 0 Å². The lowest BCUT2D eigenvalue weighted by Gasteiger charge is -2.33. The van der Waals surface area contributed by atoms with Gasteiger partial charge in [-0.05, 0) is 49.9 Å². The van der Waals surface area contributed by atoms with Gasteiger partial charge in [-0.2, -0.15) is 0 Å². The molecule has 2 unspecified atom stereocenters. The molecule has 7 nitrogen and oxygen atoms in total. The van der Waals surface area contributed by atoms with E-state index in [1.54, 1.807) is 0 Å². The van der Waals surface area contributed by atoms with Gasteiger partial charge in [0.25, 0.3) is 5.91 Å². The average molecular weight is 494 g/mol. The molecular formula is C29H39N3O4. The molecule has 0 bridgehead atoms. The predicted molar refractivity (Wildman–Crippen MR) is 142 cm³/mol. The number of ether oxygens (including phenoxy) is 2. The lowest BCUT2D eigenvalue weighted by molar-refractivity contribution is -0.123. The maximum absolute atomic E-state index is 12.3. The number of alkyl carbamates (subject to hydrolysis) is 1. The standard InChI is InChI=1S/C29H39N3O4/c1-5-7-18-35-28(34)31-17-16-30-27(33)21-36-25-15-11-14-24(19-25)29(23-12-9-8-10-13-23)20-22(3)32(4)26(29)6-2/h6,8-15,19,22H,5,7,16-18,20-21H2,1-4H3,(H,30,33)(H,31,34). The van der Waals surface area contributed by atoms with E-state index in [0.29, 0.717) is 31.5 Å². The normalized spacial score (nSPS) is 20.3. The molecule has 1 saturated heterocycles. The van der Waals surface area contributed by atoms with Gasteiger partial charge in [0.1, 0.15) is 5.75 Å². The van der Waals surface area contributed by atoms with Gasteiger partial charge in [0.05, 0.1) is 12.0 Å². The zero-order valence-electron chi connectivity index (χ0n) is 21.9. The van der Waals surface area contributed by atoms with E-state index in [1.165, 1.54) is 11.3 Å². The van der Waals surface area contributed by atoms with Gasteiger partial charge in [-0.3, -0.25) is 4.79 Å². The molecule has 2 amide bonds. The zero-order chi connectivity index (χ0) is 26.0. The maximum Gasteiger partial charge on any atom is 0.407 e. The van der Waals surface area contributed by atoms with Crippen LogP contribution in [-0.4, -0.2) is 56.3 Å². The highest BCUT2D eigenvalue weighted by Crippen LogP contribution is 2.50. The van der Waals surface area contributed by atoms with Crippen molar-refractivity contribution in [1.29, 1.82) is 0 Å². The lowest BCUT2D eigenvalue weighted by Crippen LogP contribution is -2.37. The molecule has 0 radical (unpaired) electrons. The molecule has 0 aliphatic carbocycles. The highest BCUT2D eigenvalue weighted by atomic mass is 16.5. The Balaban J connectivity index is 1.63. The van der Waals surface area contributed by atoms with Crippen molar-refractivity contribution < 1.29 is 19.1 Å². The summed E-state index contributed by atoms with van der Waals surface area (Å²) in [7, 11) is 2.15. The third kappa shape index (κ3) is 6.39. The summed E-state index contributed by atoms with van der Waals surface area (Å²) in [5.74, 6) is 0.399. The Morgan fingerprint density at radius 2 is 1.81 bits per heavy atom. The number of nitrogens with one attached hydrogen (secondary N) is 2. The molecular weight excluding hydrogens is 454 g/mol. The number of carbonyl (C=O) groups excluding carboxylic acids is 2. The zero-order valence-corrected chi connectivity index (χ0v) is 21.9. The number of unbranched alkanes of at least 4 members (excludes halogenated alkanes) is 1. The van der Waals surface area contributed by atoms with Gasteiger partial charge in [0.15, 0.2) is 6.61 Å². The quantitative estimate of drug-likeness (QED) is 0.447. The number of carbonyl (C=O) groups is 2. The topological polar surface area (TPSA) is 79.9 Å². The van der Waals surface area contributed by atoms with Gasteiger partial charge in [-0.15, -0.1) is 0 Å². The summed E-state index contributed by atoms with van der Waals surface area (Å²) in [4.78, 5) is 26.2. The van der Waals surface area contributed by atoms with Crippen LogP contribution in [0.1, 0.15) is 51.2 Å². The molecule has 7 heteroatoms. The van der Waals surface area contributed by atoms with E-state index in [0.717, 1.165) is 24.8 Å². The number of amides is 2. The minimum Gasteiger partial charge on any atom is -0.484 e. The predicted octanol–water partition coefficient (Wildman–Crippen LogP) is 4.62. The second kappa shape index (κ2) is 13.0. The number of hydrogen-bond acceptors (Lipinski definition) is 5. The number of rotatable bonds is 11. The maximum atomic E-state index is 12.3. The molecule has 3 rings (SSSR count). The molecule has 1 aliphatic rings. The van der Waals surface area contributed by atoms with Crippen molar-refractivity contribution in [1.82, 2.24) is 15.5 Å². The molecule has 2 aromatic rings. The van der Waals surface area contributed by atoms with Crippen LogP contribution in [0.4, 0.5) is 4.79 Å². The Kier molecular flexibility index (Phi) is 9.79. The van der Waals surface area contributed by atoms with Gasteiger partial charge < -0.3 is 25.0 Å². The van der Waals surface area contributed by atoms with Crippen LogP contribution in [0.15, 0.2) is 66.4 Å². The van der Waals surface area contributed by atoms with Crippen LogP contribution in [0, 0.1) is 0 Å². The van der Waals surface area contributed by atoms with E-state index in [2.05, 4.69) is 72.8 Å². The average Bonchev–Trinajstić information content (AvgIpc) is 3.16. The van der Waals surface area contributed by atoms with Crippen LogP contribution in [0.3, 0.4) is 0 Å². The summed E-state index contributed by atoms with van der Waals surface area (Å²) in [6, 6.07) is 19.0. The van der Waals surface area contributed by atoms with E-state index in [1.807, 2.05) is 31.2 Å².